The van der Waals surface area contributed by atoms with E-state index in [1.807, 2.05) is 0 Å². The standard InChI is InChI=1S/C9H9ClN2O2/c1-14-9(13)6-2-5(6)7-3-12-8(10)4-11-7/h3-6H,2H2,1H3/t5?,6-/m1/s1. The van der Waals surface area contributed by atoms with Gasteiger partial charge >= 0.3 is 5.97 Å². The number of halogens is 1. The topological polar surface area (TPSA) is 52.1 Å². The molecule has 2 atom stereocenters. The van der Waals surface area contributed by atoms with Gasteiger partial charge in [0.1, 0.15) is 5.15 Å². The number of hydrogen-bond acceptors (Lipinski definition) is 4. The maximum absolute atomic E-state index is 11.1. The Labute approximate surface area is 86.3 Å². The summed E-state index contributed by atoms with van der Waals surface area (Å²) in [7, 11) is 1.39. The second-order valence-corrected chi connectivity index (χ2v) is 3.62. The van der Waals surface area contributed by atoms with Crippen LogP contribution in [0.2, 0.25) is 5.15 Å². The third-order valence-corrected chi connectivity index (χ3v) is 2.51. The molecule has 74 valence electrons. The van der Waals surface area contributed by atoms with Gasteiger partial charge in [-0.25, -0.2) is 4.98 Å². The maximum atomic E-state index is 11.1. The van der Waals surface area contributed by atoms with Gasteiger partial charge in [-0.1, -0.05) is 11.6 Å². The second-order valence-electron chi connectivity index (χ2n) is 3.24. The molecule has 14 heavy (non-hydrogen) atoms. The SMILES string of the molecule is COC(=O)[C@@H]1CC1c1cnc(Cl)cn1. The molecule has 1 aliphatic rings. The van der Waals surface area contributed by atoms with E-state index in [1.54, 1.807) is 6.20 Å². The van der Waals surface area contributed by atoms with Crippen molar-refractivity contribution in [3.63, 3.8) is 0 Å². The Morgan fingerprint density at radius 3 is 2.93 bits per heavy atom. The van der Waals surface area contributed by atoms with Gasteiger partial charge < -0.3 is 4.74 Å². The first kappa shape index (κ1) is 9.40. The third kappa shape index (κ3) is 1.70. The number of rotatable bonds is 2. The zero-order valence-electron chi connectivity index (χ0n) is 7.61. The summed E-state index contributed by atoms with van der Waals surface area (Å²) in [5, 5.41) is 0.365. The van der Waals surface area contributed by atoms with Gasteiger partial charge in [0.05, 0.1) is 31.1 Å². The van der Waals surface area contributed by atoms with Crippen molar-refractivity contribution in [2.75, 3.05) is 7.11 Å². The first-order chi connectivity index (χ1) is 6.72. The quantitative estimate of drug-likeness (QED) is 0.696. The van der Waals surface area contributed by atoms with E-state index in [0.29, 0.717) is 5.15 Å². The van der Waals surface area contributed by atoms with Gasteiger partial charge in [0.2, 0.25) is 0 Å². The van der Waals surface area contributed by atoms with Gasteiger partial charge in [-0.2, -0.15) is 0 Å². The van der Waals surface area contributed by atoms with Crippen LogP contribution in [0.4, 0.5) is 0 Å². The summed E-state index contributed by atoms with van der Waals surface area (Å²) in [5.74, 6) is -0.0607. The smallest absolute Gasteiger partial charge is 0.309 e. The van der Waals surface area contributed by atoms with Gasteiger partial charge in [0, 0.05) is 5.92 Å². The third-order valence-electron chi connectivity index (χ3n) is 2.31. The largest absolute Gasteiger partial charge is 0.469 e. The zero-order valence-corrected chi connectivity index (χ0v) is 8.36. The van der Waals surface area contributed by atoms with Gasteiger partial charge in [-0.05, 0) is 6.42 Å². The van der Waals surface area contributed by atoms with Crippen LogP contribution < -0.4 is 0 Å². The lowest BCUT2D eigenvalue weighted by Crippen LogP contribution is -2.04. The minimum Gasteiger partial charge on any atom is -0.469 e. The molecule has 0 radical (unpaired) electrons. The molecule has 4 nitrogen and oxygen atoms in total. The van der Waals surface area contributed by atoms with Crippen molar-refractivity contribution in [1.29, 1.82) is 0 Å². The normalized spacial score (nSPS) is 24.4. The highest BCUT2D eigenvalue weighted by Crippen LogP contribution is 2.47. The molecule has 0 aromatic carbocycles. The summed E-state index contributed by atoms with van der Waals surface area (Å²) in [4.78, 5) is 19.1. The van der Waals surface area contributed by atoms with E-state index in [9.17, 15) is 4.79 Å². The van der Waals surface area contributed by atoms with E-state index in [4.69, 9.17) is 11.6 Å². The molecule has 0 N–H and O–H groups in total. The lowest BCUT2D eigenvalue weighted by Gasteiger charge is -1.98. The summed E-state index contributed by atoms with van der Waals surface area (Å²) in [5.41, 5.74) is 0.810. The van der Waals surface area contributed by atoms with Crippen molar-refractivity contribution >= 4 is 17.6 Å². The summed E-state index contributed by atoms with van der Waals surface area (Å²) >= 11 is 5.60. The minimum absolute atomic E-state index is 0.0459. The molecule has 1 aromatic heterocycles. The predicted molar refractivity (Wildman–Crippen MR) is 49.9 cm³/mol. The number of ether oxygens (including phenoxy) is 1. The van der Waals surface area contributed by atoms with Crippen LogP contribution in [0.1, 0.15) is 18.0 Å². The van der Waals surface area contributed by atoms with Crippen molar-refractivity contribution in [1.82, 2.24) is 9.97 Å². The van der Waals surface area contributed by atoms with Crippen molar-refractivity contribution in [2.45, 2.75) is 12.3 Å². The molecule has 5 heteroatoms. The van der Waals surface area contributed by atoms with Crippen molar-refractivity contribution in [3.8, 4) is 0 Å². The number of methoxy groups -OCH3 is 1. The Balaban J connectivity index is 2.06. The fourth-order valence-electron chi connectivity index (χ4n) is 1.45. The number of aromatic nitrogens is 2. The van der Waals surface area contributed by atoms with E-state index in [0.717, 1.165) is 12.1 Å². The molecule has 1 unspecified atom stereocenters. The minimum atomic E-state index is -0.174. The fraction of sp³-hybridized carbons (Fsp3) is 0.444. The van der Waals surface area contributed by atoms with Crippen molar-refractivity contribution in [3.05, 3.63) is 23.2 Å². The van der Waals surface area contributed by atoms with Crippen LogP contribution in [-0.4, -0.2) is 23.0 Å². The molecular formula is C9H9ClN2O2. The van der Waals surface area contributed by atoms with E-state index in [2.05, 4.69) is 14.7 Å². The molecule has 1 aromatic rings. The molecule has 0 amide bonds. The molecule has 1 aliphatic carbocycles. The van der Waals surface area contributed by atoms with Crippen molar-refractivity contribution in [2.24, 2.45) is 5.92 Å². The van der Waals surface area contributed by atoms with Gasteiger partial charge in [0.25, 0.3) is 0 Å². The number of esters is 1. The zero-order chi connectivity index (χ0) is 10.1. The number of nitrogens with zero attached hydrogens (tertiary/aromatic N) is 2. The fourth-order valence-corrected chi connectivity index (χ4v) is 1.55. The average Bonchev–Trinajstić information content (AvgIpc) is 2.98. The monoisotopic (exact) mass is 212 g/mol. The molecule has 1 heterocycles. The molecule has 0 saturated heterocycles. The summed E-state index contributed by atoms with van der Waals surface area (Å²) in [6, 6.07) is 0. The van der Waals surface area contributed by atoms with Crippen LogP contribution in [-0.2, 0) is 9.53 Å². The van der Waals surface area contributed by atoms with Crippen LogP contribution in [0, 0.1) is 5.92 Å². The Kier molecular flexibility index (Phi) is 2.37. The summed E-state index contributed by atoms with van der Waals surface area (Å²) in [6.45, 7) is 0. The van der Waals surface area contributed by atoms with E-state index >= 15 is 0 Å². The highest BCUT2D eigenvalue weighted by molar-refractivity contribution is 6.29. The summed E-state index contributed by atoms with van der Waals surface area (Å²) < 4.78 is 4.64. The molecule has 2 rings (SSSR count). The average molecular weight is 213 g/mol. The van der Waals surface area contributed by atoms with E-state index in [-0.39, 0.29) is 17.8 Å². The molecule has 0 bridgehead atoms. The van der Waals surface area contributed by atoms with Gasteiger partial charge in [0.15, 0.2) is 0 Å². The molecule has 0 spiro atoms. The number of carbonyl (C=O) groups is 1. The van der Waals surface area contributed by atoms with E-state index in [1.165, 1.54) is 13.3 Å². The van der Waals surface area contributed by atoms with Crippen molar-refractivity contribution < 1.29 is 9.53 Å². The lowest BCUT2D eigenvalue weighted by molar-refractivity contribution is -0.142. The Hall–Kier alpha value is -1.16. The first-order valence-electron chi connectivity index (χ1n) is 4.27. The predicted octanol–water partition coefficient (Wildman–Crippen LogP) is 1.41. The van der Waals surface area contributed by atoms with Crippen LogP contribution >= 0.6 is 11.6 Å². The highest BCUT2D eigenvalue weighted by atomic mass is 35.5. The molecule has 1 fully saturated rings. The Morgan fingerprint density at radius 2 is 2.36 bits per heavy atom. The lowest BCUT2D eigenvalue weighted by atomic mass is 10.2. The highest BCUT2D eigenvalue weighted by Gasteiger charge is 2.46. The molecule has 0 aliphatic heterocycles. The number of carbonyl (C=O) groups excluding carboxylic acids is 1. The molecular weight excluding hydrogens is 204 g/mol. The number of hydrogen-bond donors (Lipinski definition) is 0. The Morgan fingerprint density at radius 1 is 1.57 bits per heavy atom. The van der Waals surface area contributed by atoms with Crippen LogP contribution in [0.5, 0.6) is 0 Å². The van der Waals surface area contributed by atoms with E-state index < -0.39 is 0 Å². The Bertz CT molecular complexity index is 352. The van der Waals surface area contributed by atoms with Crippen LogP contribution in [0.25, 0.3) is 0 Å². The van der Waals surface area contributed by atoms with Crippen LogP contribution in [0.15, 0.2) is 12.4 Å². The van der Waals surface area contributed by atoms with Gasteiger partial charge in [-0.15, -0.1) is 0 Å². The van der Waals surface area contributed by atoms with Crippen LogP contribution in [0.3, 0.4) is 0 Å². The summed E-state index contributed by atoms with van der Waals surface area (Å²) in [6.07, 6.45) is 3.89. The second kappa shape index (κ2) is 3.53. The first-order valence-corrected chi connectivity index (χ1v) is 4.65. The maximum Gasteiger partial charge on any atom is 0.309 e. The van der Waals surface area contributed by atoms with Gasteiger partial charge in [-0.3, -0.25) is 9.78 Å². The molecule has 1 saturated carbocycles.